The lowest BCUT2D eigenvalue weighted by atomic mass is 10.2. The average Bonchev–Trinajstić information content (AvgIpc) is 3.18. The molecule has 130 valence electrons. The van der Waals surface area contributed by atoms with Crippen molar-refractivity contribution in [3.8, 4) is 10.8 Å². The van der Waals surface area contributed by atoms with Crippen LogP contribution in [0.15, 0.2) is 33.9 Å². The first-order valence-electron chi connectivity index (χ1n) is 7.43. The number of nitrogens with one attached hydrogen (secondary N) is 1. The van der Waals surface area contributed by atoms with Crippen molar-refractivity contribution in [2.75, 3.05) is 5.75 Å². The second kappa shape index (κ2) is 7.75. The standard InChI is InChI=1S/C16H15FN4O2S2/c1-9-14(25-10(2)19-9)15-20-21-16(23-15)24-8-13(22)18-7-11-5-3-4-6-12(11)17/h3-6H,7-8H2,1-2H3,(H,18,22). The van der Waals surface area contributed by atoms with Crippen LogP contribution in [0.1, 0.15) is 16.3 Å². The Kier molecular flexibility index (Phi) is 5.44. The molecule has 0 aliphatic rings. The van der Waals surface area contributed by atoms with Gasteiger partial charge in [0, 0.05) is 12.1 Å². The van der Waals surface area contributed by atoms with E-state index in [0.717, 1.165) is 27.3 Å². The van der Waals surface area contributed by atoms with Gasteiger partial charge in [0.25, 0.3) is 11.1 Å². The molecule has 6 nitrogen and oxygen atoms in total. The molecule has 0 bridgehead atoms. The van der Waals surface area contributed by atoms with Crippen LogP contribution in [-0.4, -0.2) is 26.8 Å². The topological polar surface area (TPSA) is 80.9 Å². The SMILES string of the molecule is Cc1nc(C)c(-c2nnc(SCC(=O)NCc3ccccc3F)o2)s1. The minimum absolute atomic E-state index is 0.108. The van der Waals surface area contributed by atoms with Gasteiger partial charge < -0.3 is 9.73 Å². The summed E-state index contributed by atoms with van der Waals surface area (Å²) in [5.41, 5.74) is 1.28. The molecular weight excluding hydrogens is 363 g/mol. The Morgan fingerprint density at radius 2 is 2.12 bits per heavy atom. The summed E-state index contributed by atoms with van der Waals surface area (Å²) in [7, 11) is 0. The molecule has 2 heterocycles. The van der Waals surface area contributed by atoms with E-state index in [-0.39, 0.29) is 24.0 Å². The molecule has 1 N–H and O–H groups in total. The Bertz CT molecular complexity index is 894. The monoisotopic (exact) mass is 378 g/mol. The molecule has 1 aromatic carbocycles. The highest BCUT2D eigenvalue weighted by atomic mass is 32.2. The number of aryl methyl sites for hydroxylation is 2. The van der Waals surface area contributed by atoms with Gasteiger partial charge in [0.05, 0.1) is 16.5 Å². The van der Waals surface area contributed by atoms with Crippen molar-refractivity contribution in [3.63, 3.8) is 0 Å². The maximum absolute atomic E-state index is 13.5. The van der Waals surface area contributed by atoms with Crippen molar-refractivity contribution < 1.29 is 13.6 Å². The molecule has 0 aliphatic carbocycles. The highest BCUT2D eigenvalue weighted by Crippen LogP contribution is 2.30. The minimum atomic E-state index is -0.341. The Hall–Kier alpha value is -2.26. The number of hydrogen-bond donors (Lipinski definition) is 1. The summed E-state index contributed by atoms with van der Waals surface area (Å²) in [6.45, 7) is 3.93. The fourth-order valence-corrected chi connectivity index (χ4v) is 3.54. The maximum atomic E-state index is 13.5. The lowest BCUT2D eigenvalue weighted by molar-refractivity contribution is -0.118. The Morgan fingerprint density at radius 1 is 1.32 bits per heavy atom. The van der Waals surface area contributed by atoms with Crippen molar-refractivity contribution in [1.82, 2.24) is 20.5 Å². The fraction of sp³-hybridized carbons (Fsp3) is 0.250. The third-order valence-corrected chi connectivity index (χ3v) is 5.14. The molecular formula is C16H15FN4O2S2. The molecule has 25 heavy (non-hydrogen) atoms. The second-order valence-corrected chi connectivity index (χ2v) is 7.31. The predicted molar refractivity (Wildman–Crippen MR) is 93.9 cm³/mol. The number of rotatable bonds is 6. The van der Waals surface area contributed by atoms with Crippen LogP contribution in [0.5, 0.6) is 0 Å². The van der Waals surface area contributed by atoms with Crippen molar-refractivity contribution in [2.24, 2.45) is 0 Å². The molecule has 0 unspecified atom stereocenters. The Morgan fingerprint density at radius 3 is 2.84 bits per heavy atom. The van der Waals surface area contributed by atoms with Gasteiger partial charge in [0.2, 0.25) is 5.91 Å². The number of carbonyl (C=O) groups excluding carboxylic acids is 1. The minimum Gasteiger partial charge on any atom is -0.410 e. The third kappa shape index (κ3) is 4.43. The van der Waals surface area contributed by atoms with Crippen LogP contribution in [0.25, 0.3) is 10.8 Å². The maximum Gasteiger partial charge on any atom is 0.277 e. The van der Waals surface area contributed by atoms with Crippen LogP contribution >= 0.6 is 23.1 Å². The molecule has 0 atom stereocenters. The molecule has 9 heteroatoms. The largest absolute Gasteiger partial charge is 0.410 e. The van der Waals surface area contributed by atoms with E-state index in [4.69, 9.17) is 4.42 Å². The molecule has 0 aliphatic heterocycles. The van der Waals surface area contributed by atoms with Gasteiger partial charge in [0.1, 0.15) is 10.7 Å². The average molecular weight is 378 g/mol. The zero-order chi connectivity index (χ0) is 17.8. The Balaban J connectivity index is 1.53. The van der Waals surface area contributed by atoms with Crippen LogP contribution in [0.2, 0.25) is 0 Å². The summed E-state index contributed by atoms with van der Waals surface area (Å²) in [6, 6.07) is 6.32. The fourth-order valence-electron chi connectivity index (χ4n) is 2.10. The van der Waals surface area contributed by atoms with Gasteiger partial charge in [-0.1, -0.05) is 30.0 Å². The van der Waals surface area contributed by atoms with E-state index in [2.05, 4.69) is 20.5 Å². The van der Waals surface area contributed by atoms with E-state index in [0.29, 0.717) is 16.7 Å². The molecule has 2 aromatic heterocycles. The van der Waals surface area contributed by atoms with Gasteiger partial charge in [-0.15, -0.1) is 21.5 Å². The summed E-state index contributed by atoms with van der Waals surface area (Å²) >= 11 is 2.62. The molecule has 0 saturated heterocycles. The van der Waals surface area contributed by atoms with Gasteiger partial charge in [-0.25, -0.2) is 9.37 Å². The second-order valence-electron chi connectivity index (χ2n) is 5.18. The molecule has 0 saturated carbocycles. The van der Waals surface area contributed by atoms with Crippen LogP contribution in [0.3, 0.4) is 0 Å². The molecule has 3 aromatic rings. The smallest absolute Gasteiger partial charge is 0.277 e. The van der Waals surface area contributed by atoms with E-state index in [1.807, 2.05) is 13.8 Å². The van der Waals surface area contributed by atoms with Crippen molar-refractivity contribution in [3.05, 3.63) is 46.3 Å². The highest BCUT2D eigenvalue weighted by molar-refractivity contribution is 7.99. The predicted octanol–water partition coefficient (Wildman–Crippen LogP) is 3.36. The number of nitrogens with zero attached hydrogens (tertiary/aromatic N) is 3. The lowest BCUT2D eigenvalue weighted by Crippen LogP contribution is -2.25. The van der Waals surface area contributed by atoms with Gasteiger partial charge >= 0.3 is 0 Å². The number of carbonyl (C=O) groups is 1. The highest BCUT2D eigenvalue weighted by Gasteiger charge is 2.16. The number of thiazole rings is 1. The molecule has 1 amide bonds. The third-order valence-electron chi connectivity index (χ3n) is 3.26. The number of halogens is 1. The number of aromatic nitrogens is 3. The quantitative estimate of drug-likeness (QED) is 0.663. The van der Waals surface area contributed by atoms with Crippen LogP contribution in [0.4, 0.5) is 4.39 Å². The molecule has 3 rings (SSSR count). The zero-order valence-corrected chi connectivity index (χ0v) is 15.2. The van der Waals surface area contributed by atoms with E-state index in [9.17, 15) is 9.18 Å². The van der Waals surface area contributed by atoms with E-state index in [1.54, 1.807) is 18.2 Å². The number of amides is 1. The first kappa shape index (κ1) is 17.6. The van der Waals surface area contributed by atoms with Gasteiger partial charge in [-0.05, 0) is 19.9 Å². The van der Waals surface area contributed by atoms with Crippen LogP contribution in [0, 0.1) is 19.7 Å². The Labute approximate surface area is 151 Å². The number of hydrogen-bond acceptors (Lipinski definition) is 7. The summed E-state index contributed by atoms with van der Waals surface area (Å²) in [5.74, 6) is -0.0704. The molecule has 0 spiro atoms. The number of benzene rings is 1. The number of thioether (sulfide) groups is 1. The van der Waals surface area contributed by atoms with Gasteiger partial charge in [-0.3, -0.25) is 4.79 Å². The van der Waals surface area contributed by atoms with Crippen molar-refractivity contribution in [2.45, 2.75) is 25.6 Å². The molecule has 0 fully saturated rings. The van der Waals surface area contributed by atoms with Gasteiger partial charge in [0.15, 0.2) is 0 Å². The van der Waals surface area contributed by atoms with E-state index in [1.165, 1.54) is 17.4 Å². The summed E-state index contributed by atoms with van der Waals surface area (Å²) in [6.07, 6.45) is 0. The van der Waals surface area contributed by atoms with Crippen LogP contribution in [-0.2, 0) is 11.3 Å². The lowest BCUT2D eigenvalue weighted by Gasteiger charge is -2.05. The summed E-state index contributed by atoms with van der Waals surface area (Å²) in [4.78, 5) is 17.0. The van der Waals surface area contributed by atoms with Crippen molar-refractivity contribution >= 4 is 29.0 Å². The van der Waals surface area contributed by atoms with E-state index < -0.39 is 0 Å². The summed E-state index contributed by atoms with van der Waals surface area (Å²) < 4.78 is 19.1. The normalized spacial score (nSPS) is 10.8. The first-order chi connectivity index (χ1) is 12.0. The van der Waals surface area contributed by atoms with Gasteiger partial charge in [-0.2, -0.15) is 0 Å². The first-order valence-corrected chi connectivity index (χ1v) is 9.24. The van der Waals surface area contributed by atoms with Crippen molar-refractivity contribution in [1.29, 1.82) is 0 Å². The summed E-state index contributed by atoms with van der Waals surface area (Å²) in [5, 5.41) is 11.8. The van der Waals surface area contributed by atoms with E-state index >= 15 is 0 Å². The van der Waals surface area contributed by atoms with Crippen LogP contribution < -0.4 is 5.32 Å². The zero-order valence-electron chi connectivity index (χ0n) is 13.6. The molecule has 0 radical (unpaired) electrons.